The summed E-state index contributed by atoms with van der Waals surface area (Å²) in [4.78, 5) is 0. The van der Waals surface area contributed by atoms with Crippen molar-refractivity contribution < 1.29 is 18.3 Å². The third-order valence-electron chi connectivity index (χ3n) is 2.54. The first kappa shape index (κ1) is 14.9. The van der Waals surface area contributed by atoms with Gasteiger partial charge < -0.3 is 9.84 Å². The molecule has 2 N–H and O–H groups in total. The second-order valence-electron chi connectivity index (χ2n) is 4.01. The summed E-state index contributed by atoms with van der Waals surface area (Å²) in [5.74, 6) is 0.665. The summed E-state index contributed by atoms with van der Waals surface area (Å²) in [6, 6.07) is 6.90. The van der Waals surface area contributed by atoms with Gasteiger partial charge in [-0.25, -0.2) is 13.1 Å². The lowest BCUT2D eigenvalue weighted by molar-refractivity contribution is 0.295. The van der Waals surface area contributed by atoms with Crippen LogP contribution in [0.15, 0.2) is 24.3 Å². The highest BCUT2D eigenvalue weighted by molar-refractivity contribution is 7.89. The monoisotopic (exact) mass is 273 g/mol. The van der Waals surface area contributed by atoms with Gasteiger partial charge in [0.25, 0.3) is 0 Å². The van der Waals surface area contributed by atoms with Crippen molar-refractivity contribution in [2.75, 3.05) is 19.5 Å². The molecule has 0 aliphatic heterocycles. The predicted octanol–water partition coefficient (Wildman–Crippen LogP) is 1.06. The molecule has 0 spiro atoms. The van der Waals surface area contributed by atoms with Gasteiger partial charge in [0.2, 0.25) is 10.0 Å². The number of rotatable bonds is 7. The minimum Gasteiger partial charge on any atom is -0.497 e. The Morgan fingerprint density at radius 3 is 2.44 bits per heavy atom. The van der Waals surface area contributed by atoms with E-state index in [0.29, 0.717) is 0 Å². The SMILES string of the molecule is COc1ccc(C(C)NS(=O)(=O)CCCO)cc1. The van der Waals surface area contributed by atoms with Gasteiger partial charge in [0.05, 0.1) is 12.9 Å². The van der Waals surface area contributed by atoms with Crippen LogP contribution in [0.25, 0.3) is 0 Å². The van der Waals surface area contributed by atoms with Crippen molar-refractivity contribution in [2.24, 2.45) is 0 Å². The number of methoxy groups -OCH3 is 1. The number of benzene rings is 1. The molecule has 0 radical (unpaired) electrons. The summed E-state index contributed by atoms with van der Waals surface area (Å²) in [7, 11) is -1.77. The Hall–Kier alpha value is -1.11. The molecule has 0 aromatic heterocycles. The molecular formula is C12H19NO4S. The van der Waals surface area contributed by atoms with Gasteiger partial charge in [-0.2, -0.15) is 0 Å². The molecule has 0 fully saturated rings. The molecule has 0 saturated carbocycles. The quantitative estimate of drug-likeness (QED) is 0.779. The summed E-state index contributed by atoms with van der Waals surface area (Å²) in [5.41, 5.74) is 0.864. The van der Waals surface area contributed by atoms with E-state index in [9.17, 15) is 8.42 Å². The second-order valence-corrected chi connectivity index (χ2v) is 5.88. The fourth-order valence-corrected chi connectivity index (χ4v) is 2.85. The summed E-state index contributed by atoms with van der Waals surface area (Å²) in [5, 5.41) is 8.63. The van der Waals surface area contributed by atoms with E-state index in [2.05, 4.69) is 4.72 Å². The molecule has 0 amide bonds. The van der Waals surface area contributed by atoms with E-state index in [-0.39, 0.29) is 24.8 Å². The standard InChI is InChI=1S/C12H19NO4S/c1-10(13-18(15,16)9-3-8-14)11-4-6-12(17-2)7-5-11/h4-7,10,13-14H,3,8-9H2,1-2H3. The van der Waals surface area contributed by atoms with E-state index < -0.39 is 10.0 Å². The maximum Gasteiger partial charge on any atom is 0.212 e. The summed E-state index contributed by atoms with van der Waals surface area (Å²) in [6.45, 7) is 1.65. The Balaban J connectivity index is 2.66. The van der Waals surface area contributed by atoms with Gasteiger partial charge in [0.1, 0.15) is 5.75 Å². The van der Waals surface area contributed by atoms with Crippen molar-refractivity contribution in [2.45, 2.75) is 19.4 Å². The average Bonchev–Trinajstić information content (AvgIpc) is 2.36. The largest absolute Gasteiger partial charge is 0.497 e. The predicted molar refractivity (Wildman–Crippen MR) is 70.0 cm³/mol. The normalized spacial score (nSPS) is 13.3. The summed E-state index contributed by atoms with van der Waals surface area (Å²) >= 11 is 0. The lowest BCUT2D eigenvalue weighted by Gasteiger charge is -2.14. The zero-order valence-electron chi connectivity index (χ0n) is 10.6. The van der Waals surface area contributed by atoms with Crippen LogP contribution in [-0.4, -0.2) is 33.0 Å². The molecule has 0 heterocycles. The van der Waals surface area contributed by atoms with Crippen LogP contribution in [0.3, 0.4) is 0 Å². The molecule has 102 valence electrons. The molecule has 5 nitrogen and oxygen atoms in total. The van der Waals surface area contributed by atoms with Gasteiger partial charge in [-0.1, -0.05) is 12.1 Å². The third kappa shape index (κ3) is 4.64. The first-order valence-electron chi connectivity index (χ1n) is 5.73. The molecule has 0 aliphatic carbocycles. The van der Waals surface area contributed by atoms with Crippen molar-refractivity contribution in [3.05, 3.63) is 29.8 Å². The zero-order chi connectivity index (χ0) is 13.6. The van der Waals surface area contributed by atoms with Crippen LogP contribution in [0, 0.1) is 0 Å². The maximum atomic E-state index is 11.6. The Morgan fingerprint density at radius 2 is 1.94 bits per heavy atom. The van der Waals surface area contributed by atoms with Crippen LogP contribution < -0.4 is 9.46 Å². The topological polar surface area (TPSA) is 75.6 Å². The highest BCUT2D eigenvalue weighted by Gasteiger charge is 2.15. The minimum atomic E-state index is -3.35. The van der Waals surface area contributed by atoms with E-state index in [1.165, 1.54) is 0 Å². The molecule has 1 unspecified atom stereocenters. The zero-order valence-corrected chi connectivity index (χ0v) is 11.4. The maximum absolute atomic E-state index is 11.6. The number of hydrogen-bond donors (Lipinski definition) is 2. The van der Waals surface area contributed by atoms with E-state index in [1.54, 1.807) is 26.2 Å². The average molecular weight is 273 g/mol. The number of ether oxygens (including phenoxy) is 1. The summed E-state index contributed by atoms with van der Waals surface area (Å²) in [6.07, 6.45) is 0.241. The Morgan fingerprint density at radius 1 is 1.33 bits per heavy atom. The molecule has 1 aromatic rings. The van der Waals surface area contributed by atoms with Crippen molar-refractivity contribution in [1.29, 1.82) is 0 Å². The van der Waals surface area contributed by atoms with E-state index in [4.69, 9.17) is 9.84 Å². The minimum absolute atomic E-state index is 0.0655. The van der Waals surface area contributed by atoms with Gasteiger partial charge in [-0.3, -0.25) is 0 Å². The van der Waals surface area contributed by atoms with Crippen LogP contribution in [0.1, 0.15) is 24.9 Å². The highest BCUT2D eigenvalue weighted by atomic mass is 32.2. The Bertz CT molecular complexity index is 455. The fraction of sp³-hybridized carbons (Fsp3) is 0.500. The Kier molecular flexibility index (Phi) is 5.58. The van der Waals surface area contributed by atoms with Gasteiger partial charge >= 0.3 is 0 Å². The lowest BCUT2D eigenvalue weighted by Crippen LogP contribution is -2.29. The second kappa shape index (κ2) is 6.72. The Labute approximate surface area is 108 Å². The lowest BCUT2D eigenvalue weighted by atomic mass is 10.1. The van der Waals surface area contributed by atoms with Gasteiger partial charge in [0, 0.05) is 12.6 Å². The number of sulfonamides is 1. The van der Waals surface area contributed by atoms with Gasteiger partial charge in [-0.05, 0) is 31.0 Å². The van der Waals surface area contributed by atoms with Crippen molar-refractivity contribution in [3.63, 3.8) is 0 Å². The van der Waals surface area contributed by atoms with Crippen LogP contribution in [0.4, 0.5) is 0 Å². The van der Waals surface area contributed by atoms with E-state index >= 15 is 0 Å². The van der Waals surface area contributed by atoms with Gasteiger partial charge in [0.15, 0.2) is 0 Å². The number of hydrogen-bond acceptors (Lipinski definition) is 4. The molecule has 18 heavy (non-hydrogen) atoms. The molecule has 0 saturated heterocycles. The molecule has 0 bridgehead atoms. The molecule has 1 rings (SSSR count). The molecule has 0 aliphatic rings. The number of aliphatic hydroxyl groups is 1. The molecule has 1 aromatic carbocycles. The van der Waals surface area contributed by atoms with Gasteiger partial charge in [-0.15, -0.1) is 0 Å². The first-order chi connectivity index (χ1) is 8.48. The van der Waals surface area contributed by atoms with Crippen molar-refractivity contribution in [3.8, 4) is 5.75 Å². The number of nitrogens with one attached hydrogen (secondary N) is 1. The van der Waals surface area contributed by atoms with Crippen molar-refractivity contribution >= 4 is 10.0 Å². The smallest absolute Gasteiger partial charge is 0.212 e. The van der Waals surface area contributed by atoms with Crippen LogP contribution in [0.2, 0.25) is 0 Å². The van der Waals surface area contributed by atoms with Crippen LogP contribution in [0.5, 0.6) is 5.75 Å². The molecule has 6 heteroatoms. The highest BCUT2D eigenvalue weighted by Crippen LogP contribution is 2.17. The summed E-state index contributed by atoms with van der Waals surface area (Å²) < 4.78 is 30.9. The third-order valence-corrected chi connectivity index (χ3v) is 4.08. The first-order valence-corrected chi connectivity index (χ1v) is 7.38. The fourth-order valence-electron chi connectivity index (χ4n) is 1.54. The van der Waals surface area contributed by atoms with Crippen LogP contribution in [-0.2, 0) is 10.0 Å². The van der Waals surface area contributed by atoms with Crippen LogP contribution >= 0.6 is 0 Å². The molecular weight excluding hydrogens is 254 g/mol. The number of aliphatic hydroxyl groups excluding tert-OH is 1. The molecule has 1 atom stereocenters. The van der Waals surface area contributed by atoms with E-state index in [0.717, 1.165) is 11.3 Å². The van der Waals surface area contributed by atoms with E-state index in [1.807, 2.05) is 12.1 Å². The van der Waals surface area contributed by atoms with Crippen molar-refractivity contribution in [1.82, 2.24) is 4.72 Å².